The number of anilines is 1. The molecule has 2 aliphatic rings. The molecule has 0 aliphatic carbocycles. The molecule has 0 unspecified atom stereocenters. The van der Waals surface area contributed by atoms with Crippen molar-refractivity contribution in [2.75, 3.05) is 24.6 Å². The van der Waals surface area contributed by atoms with Crippen molar-refractivity contribution in [3.05, 3.63) is 60.4 Å². The second-order valence-corrected chi connectivity index (χ2v) is 7.04. The fourth-order valence-electron chi connectivity index (χ4n) is 3.46. The van der Waals surface area contributed by atoms with Crippen molar-refractivity contribution >= 4 is 17.6 Å². The summed E-state index contributed by atoms with van der Waals surface area (Å²) >= 11 is 0. The largest absolute Gasteiger partial charge is 0.442 e. The maximum Gasteiger partial charge on any atom is 0.414 e. The van der Waals surface area contributed by atoms with Gasteiger partial charge in [0, 0.05) is 23.5 Å². The van der Waals surface area contributed by atoms with E-state index < -0.39 is 18.0 Å². The number of aromatic nitrogens is 4. The number of rotatable bonds is 5. The zero-order valence-corrected chi connectivity index (χ0v) is 16.3. The first-order valence-electron chi connectivity index (χ1n) is 9.70. The average Bonchev–Trinajstić information content (AvgIpc) is 3.44. The summed E-state index contributed by atoms with van der Waals surface area (Å²) in [6, 6.07) is 8.14. The van der Waals surface area contributed by atoms with Gasteiger partial charge >= 0.3 is 6.09 Å². The topological polar surface area (TPSA) is 107 Å². The lowest BCUT2D eigenvalue weighted by Crippen LogP contribution is -2.32. The monoisotopic (exact) mass is 423 g/mol. The minimum Gasteiger partial charge on any atom is -0.442 e. The van der Waals surface area contributed by atoms with Gasteiger partial charge in [-0.15, -0.1) is 5.10 Å². The van der Waals surface area contributed by atoms with Gasteiger partial charge in [-0.3, -0.25) is 9.88 Å². The number of hydrogen-bond acceptors (Lipinski definition) is 8. The summed E-state index contributed by atoms with van der Waals surface area (Å²) in [6.45, 7) is 1.83. The number of ether oxygens (including phenoxy) is 1. The zero-order valence-electron chi connectivity index (χ0n) is 16.3. The fourth-order valence-corrected chi connectivity index (χ4v) is 3.46. The molecule has 0 bridgehead atoms. The molecule has 1 atom stereocenters. The van der Waals surface area contributed by atoms with Crippen LogP contribution in [0.4, 0.5) is 14.9 Å². The Kier molecular flexibility index (Phi) is 4.90. The number of halogens is 1. The van der Waals surface area contributed by atoms with E-state index in [9.17, 15) is 9.18 Å². The Morgan fingerprint density at radius 3 is 2.90 bits per heavy atom. The molecule has 4 heterocycles. The van der Waals surface area contributed by atoms with Gasteiger partial charge in [0.1, 0.15) is 24.2 Å². The second kappa shape index (κ2) is 8.01. The van der Waals surface area contributed by atoms with Gasteiger partial charge in [0.15, 0.2) is 5.84 Å². The molecular weight excluding hydrogens is 405 g/mol. The highest BCUT2D eigenvalue weighted by Gasteiger charge is 2.33. The smallest absolute Gasteiger partial charge is 0.414 e. The van der Waals surface area contributed by atoms with Gasteiger partial charge in [0.2, 0.25) is 0 Å². The maximum absolute atomic E-state index is 14.9. The third kappa shape index (κ3) is 3.89. The number of carbonyl (C=O) groups excluding carboxylic acids is 1. The van der Waals surface area contributed by atoms with Crippen molar-refractivity contribution in [2.24, 2.45) is 5.16 Å². The molecule has 0 spiro atoms. The van der Waals surface area contributed by atoms with Crippen molar-refractivity contribution < 1.29 is 18.8 Å². The summed E-state index contributed by atoms with van der Waals surface area (Å²) in [6.07, 6.45) is 3.90. The molecular formula is C20H18FN7O3. The zero-order chi connectivity index (χ0) is 21.2. The molecule has 5 rings (SSSR count). The van der Waals surface area contributed by atoms with Crippen LogP contribution >= 0.6 is 0 Å². The highest BCUT2D eigenvalue weighted by molar-refractivity contribution is 5.97. The van der Waals surface area contributed by atoms with E-state index in [0.717, 1.165) is 0 Å². The number of nitrogens with zero attached hydrogens (tertiary/aromatic N) is 6. The summed E-state index contributed by atoms with van der Waals surface area (Å²) < 4.78 is 21.8. The van der Waals surface area contributed by atoms with Crippen LogP contribution in [0.3, 0.4) is 0 Å². The van der Waals surface area contributed by atoms with Gasteiger partial charge in [0.05, 0.1) is 31.5 Å². The first-order valence-corrected chi connectivity index (χ1v) is 9.70. The standard InChI is InChI=1S/C20H18FN7O3/c21-17-9-14(28-12-15(31-20(28)29)11-27-7-5-24-26-27)2-3-16(17)13-1-4-18(23-10-13)19-22-6-8-30-25-19/h1-5,7,9-10,15H,6,8,11-12H2,(H,22,25)/t15-/m0/s1. The van der Waals surface area contributed by atoms with Gasteiger partial charge in [-0.05, 0) is 24.3 Å². The molecule has 1 aromatic carbocycles. The number of oxime groups is 1. The summed E-state index contributed by atoms with van der Waals surface area (Å²) in [4.78, 5) is 23.1. The van der Waals surface area contributed by atoms with E-state index in [1.54, 1.807) is 47.5 Å². The molecule has 1 amide bonds. The number of hydrogen-bond donors (Lipinski definition) is 1. The van der Waals surface area contributed by atoms with Crippen LogP contribution in [0.1, 0.15) is 5.69 Å². The van der Waals surface area contributed by atoms with Crippen molar-refractivity contribution in [1.29, 1.82) is 0 Å². The SMILES string of the molecule is O=C1O[C@@H](Cn2ccnn2)CN1c1ccc(-c2ccc(C3=NOCCN3)nc2)c(F)c1. The molecule has 1 fully saturated rings. The molecule has 1 N–H and O–H groups in total. The second-order valence-electron chi connectivity index (χ2n) is 7.04. The Balaban J connectivity index is 1.32. The van der Waals surface area contributed by atoms with Gasteiger partial charge in [0.25, 0.3) is 0 Å². The van der Waals surface area contributed by atoms with Crippen molar-refractivity contribution in [3.63, 3.8) is 0 Å². The minimum absolute atomic E-state index is 0.297. The number of benzene rings is 1. The minimum atomic E-state index is -0.522. The van der Waals surface area contributed by atoms with E-state index in [-0.39, 0.29) is 0 Å². The van der Waals surface area contributed by atoms with E-state index in [2.05, 4.69) is 25.8 Å². The third-order valence-corrected chi connectivity index (χ3v) is 4.96. The van der Waals surface area contributed by atoms with Gasteiger partial charge in [-0.2, -0.15) is 0 Å². The van der Waals surface area contributed by atoms with Crippen LogP contribution in [-0.4, -0.2) is 57.7 Å². The predicted molar refractivity (Wildman–Crippen MR) is 108 cm³/mol. The Bertz CT molecular complexity index is 1120. The van der Waals surface area contributed by atoms with Gasteiger partial charge in [-0.25, -0.2) is 13.9 Å². The molecule has 1 saturated heterocycles. The Labute approximate surface area is 176 Å². The number of nitrogens with one attached hydrogen (secondary N) is 1. The van der Waals surface area contributed by atoms with Crippen LogP contribution in [0, 0.1) is 5.82 Å². The van der Waals surface area contributed by atoms with E-state index >= 15 is 0 Å². The Morgan fingerprint density at radius 1 is 1.26 bits per heavy atom. The van der Waals surface area contributed by atoms with Crippen LogP contribution in [0.15, 0.2) is 54.1 Å². The van der Waals surface area contributed by atoms with Crippen LogP contribution in [0.25, 0.3) is 11.1 Å². The number of carbonyl (C=O) groups is 1. The highest BCUT2D eigenvalue weighted by atomic mass is 19.1. The number of cyclic esters (lactones) is 1. The van der Waals surface area contributed by atoms with E-state index in [1.807, 2.05) is 0 Å². The summed E-state index contributed by atoms with van der Waals surface area (Å²) in [5.41, 5.74) is 2.02. The summed E-state index contributed by atoms with van der Waals surface area (Å²) in [7, 11) is 0. The molecule has 31 heavy (non-hydrogen) atoms. The van der Waals surface area contributed by atoms with Crippen LogP contribution in [0.5, 0.6) is 0 Å². The van der Waals surface area contributed by atoms with Gasteiger partial charge in [-0.1, -0.05) is 16.4 Å². The first-order chi connectivity index (χ1) is 15.2. The molecule has 0 saturated carbocycles. The average molecular weight is 423 g/mol. The molecule has 0 radical (unpaired) electrons. The van der Waals surface area contributed by atoms with Crippen LogP contribution in [0.2, 0.25) is 0 Å². The van der Waals surface area contributed by atoms with Crippen molar-refractivity contribution in [3.8, 4) is 11.1 Å². The molecule has 2 aliphatic heterocycles. The Morgan fingerprint density at radius 2 is 2.19 bits per heavy atom. The fraction of sp³-hybridized carbons (Fsp3) is 0.250. The number of amidine groups is 1. The van der Waals surface area contributed by atoms with Crippen molar-refractivity contribution in [1.82, 2.24) is 25.3 Å². The lowest BCUT2D eigenvalue weighted by molar-refractivity contribution is 0.129. The van der Waals surface area contributed by atoms with Crippen LogP contribution in [-0.2, 0) is 16.1 Å². The lowest BCUT2D eigenvalue weighted by atomic mass is 10.1. The number of amides is 1. The molecule has 11 heteroatoms. The van der Waals surface area contributed by atoms with Crippen LogP contribution < -0.4 is 10.2 Å². The Hall–Kier alpha value is -4.02. The molecule has 158 valence electrons. The quantitative estimate of drug-likeness (QED) is 0.667. The molecule has 10 nitrogen and oxygen atoms in total. The van der Waals surface area contributed by atoms with Crippen molar-refractivity contribution in [2.45, 2.75) is 12.6 Å². The molecule has 3 aromatic rings. The first kappa shape index (κ1) is 19.0. The van der Waals surface area contributed by atoms with Gasteiger partial charge < -0.3 is 14.9 Å². The third-order valence-electron chi connectivity index (χ3n) is 4.96. The number of pyridine rings is 1. The predicted octanol–water partition coefficient (Wildman–Crippen LogP) is 1.79. The maximum atomic E-state index is 14.9. The molecule has 2 aromatic heterocycles. The highest BCUT2D eigenvalue weighted by Crippen LogP contribution is 2.29. The van der Waals surface area contributed by atoms with E-state index in [0.29, 0.717) is 54.6 Å². The summed E-state index contributed by atoms with van der Waals surface area (Å²) in [5, 5.41) is 14.6. The normalized spacial score (nSPS) is 18.2. The van der Waals surface area contributed by atoms with E-state index in [1.165, 1.54) is 11.0 Å². The van der Waals surface area contributed by atoms with E-state index in [4.69, 9.17) is 9.57 Å². The summed E-state index contributed by atoms with van der Waals surface area (Å²) in [5.74, 6) is 0.0812. The lowest BCUT2D eigenvalue weighted by Gasteiger charge is -2.15.